The molecule has 0 amide bonds. The highest BCUT2D eigenvalue weighted by Crippen LogP contribution is 2.36. The van der Waals surface area contributed by atoms with Gasteiger partial charge in [-0.15, -0.1) is 11.3 Å². The number of thiazole rings is 1. The first-order chi connectivity index (χ1) is 52.5. The average Bonchev–Trinajstić information content (AvgIpc) is 1.63. The molecule has 0 unspecified atom stereocenters. The molecule has 0 aliphatic rings. The number of pyridine rings is 4. The van der Waals surface area contributed by atoms with Gasteiger partial charge in [0, 0.05) is 164 Å². The minimum absolute atomic E-state index is 0.312. The first-order valence-electron chi connectivity index (χ1n) is 34.8. The van der Waals surface area contributed by atoms with Crippen molar-refractivity contribution in [3.8, 4) is 45.0 Å². The molecule has 0 fully saturated rings. The van der Waals surface area contributed by atoms with Crippen LogP contribution in [0.5, 0.6) is 0 Å². The molecule has 544 valence electrons. The van der Waals surface area contributed by atoms with Gasteiger partial charge in [-0.3, -0.25) is 20.4 Å². The number of nitrogen functional groups attached to an aromatic ring is 4. The molecule has 0 atom stereocenters. The minimum atomic E-state index is -2.38. The monoisotopic (exact) mass is 1460 g/mol. The highest BCUT2D eigenvalue weighted by Gasteiger charge is 2.18. The number of aromatic nitrogens is 18. The number of anilines is 4. The zero-order valence-electron chi connectivity index (χ0n) is 59.0. The largest absolute Gasteiger partial charge is 0.449 e. The first kappa shape index (κ1) is 70.1. The lowest BCUT2D eigenvalue weighted by Gasteiger charge is -2.06. The molecular formula is C78H76F2N26OS. The van der Waals surface area contributed by atoms with E-state index in [1.807, 2.05) is 86.0 Å². The molecule has 27 nitrogen and oxygen atoms in total. The third-order valence-electron chi connectivity index (χ3n) is 18.4. The van der Waals surface area contributed by atoms with Crippen molar-refractivity contribution in [1.29, 1.82) is 0 Å². The van der Waals surface area contributed by atoms with Crippen LogP contribution in [0.2, 0.25) is 0 Å². The molecule has 0 spiro atoms. The number of nitrogens with one attached hydrogen (secondary N) is 12. The lowest BCUT2D eigenvalue weighted by molar-refractivity contribution is 0.145. The fourth-order valence-electron chi connectivity index (χ4n) is 13.1. The summed E-state index contributed by atoms with van der Waals surface area (Å²) in [5.41, 5.74) is 47.1. The molecule has 4 aromatic carbocycles. The average molecular weight is 1460 g/mol. The van der Waals surface area contributed by atoms with Crippen LogP contribution in [-0.2, 0) is 25.9 Å². The number of hydrogen-bond donors (Lipinski definition) is 16. The maximum absolute atomic E-state index is 12.3. The molecule has 14 heterocycles. The zero-order valence-corrected chi connectivity index (χ0v) is 59.8. The van der Waals surface area contributed by atoms with Gasteiger partial charge in [-0.25, -0.2) is 38.7 Å². The Kier molecular flexibility index (Phi) is 19.9. The van der Waals surface area contributed by atoms with E-state index in [2.05, 4.69) is 187 Å². The van der Waals surface area contributed by atoms with E-state index in [4.69, 9.17) is 27.4 Å². The van der Waals surface area contributed by atoms with Crippen molar-refractivity contribution in [3.05, 3.63) is 216 Å². The Morgan fingerprint density at radius 2 is 0.815 bits per heavy atom. The van der Waals surface area contributed by atoms with Crippen molar-refractivity contribution < 1.29 is 13.2 Å². The number of aryl methyl sites for hydroxylation is 2. The molecule has 0 bridgehead atoms. The summed E-state index contributed by atoms with van der Waals surface area (Å²) in [4.78, 5) is 40.8. The predicted molar refractivity (Wildman–Crippen MR) is 427 cm³/mol. The van der Waals surface area contributed by atoms with Crippen LogP contribution in [0.25, 0.3) is 144 Å². The van der Waals surface area contributed by atoms with Gasteiger partial charge >= 0.3 is 0 Å². The fourth-order valence-corrected chi connectivity index (χ4v) is 13.7. The quantitative estimate of drug-likeness (QED) is 0.0318. The summed E-state index contributed by atoms with van der Waals surface area (Å²) in [5.74, 6) is 2.61. The molecule has 0 aliphatic carbocycles. The summed E-state index contributed by atoms with van der Waals surface area (Å²) in [6.45, 7) is 17.1. The fraction of sp³-hybridized carbons (Fsp3) is 0.154. The Hall–Kier alpha value is -13.6. The van der Waals surface area contributed by atoms with E-state index < -0.39 is 6.43 Å². The number of halogens is 2. The van der Waals surface area contributed by atoms with Gasteiger partial charge in [0.15, 0.2) is 5.89 Å². The Morgan fingerprint density at radius 3 is 1.14 bits per heavy atom. The summed E-state index contributed by atoms with van der Waals surface area (Å²) in [5, 5.41) is 51.3. The molecule has 108 heavy (non-hydrogen) atoms. The second-order valence-electron chi connectivity index (χ2n) is 25.7. The van der Waals surface area contributed by atoms with E-state index in [1.165, 1.54) is 0 Å². The van der Waals surface area contributed by atoms with E-state index >= 15 is 0 Å². The van der Waals surface area contributed by atoms with Gasteiger partial charge in [0.25, 0.3) is 6.43 Å². The number of nitrogens with zero attached hydrogens (tertiary/aromatic N) is 10. The van der Waals surface area contributed by atoms with Crippen LogP contribution in [0, 0.1) is 13.8 Å². The predicted octanol–water partition coefficient (Wildman–Crippen LogP) is 13.9. The van der Waals surface area contributed by atoms with Crippen LogP contribution in [0.4, 0.5) is 32.1 Å². The number of benzene rings is 4. The summed E-state index contributed by atoms with van der Waals surface area (Å²) in [6, 6.07) is 40.1. The number of alkyl halides is 2. The topological polar surface area (TPSA) is 421 Å². The Labute approximate surface area is 618 Å². The molecule has 18 rings (SSSR count). The molecule has 0 saturated heterocycles. The molecular weight excluding hydrogens is 1390 g/mol. The number of rotatable bonds is 21. The number of hydrogen-bond acceptors (Lipinski definition) is 20. The SMILES string of the molecule is C=C(NCCc1cc2c(N)nc3cc(-c4ccn[nH]4)ccc3c2[nH]1)c1coc(C)n1.C=C(NCCc1cc2c(N)nc3cc(-c4ccn[nH]4)ccc3c2[nH]1)c1csc(C)n1.CCNCc1cc2c(N)nc3cc(-c4ccn[nH]4)ccc3c2[nH]1.Nc1nc2cc(-c3ccn[nH]3)ccc2c2[nH]c(CNCC(F)F)cc12. The smallest absolute Gasteiger partial charge is 0.250 e. The van der Waals surface area contributed by atoms with Crippen molar-refractivity contribution in [2.45, 2.75) is 53.1 Å². The second-order valence-corrected chi connectivity index (χ2v) is 26.8. The maximum atomic E-state index is 12.3. The third-order valence-corrected chi connectivity index (χ3v) is 19.2. The van der Waals surface area contributed by atoms with Gasteiger partial charge in [-0.05, 0) is 86.3 Å². The molecule has 0 radical (unpaired) electrons. The standard InChI is InChI=1S/C22H21N7O.C22H21N7S.C17H16F2N6.C17H18N6/c2*1-12(20-11-30-13(2)26-20)24-7-5-15-10-17-21(27-15)16-4-3-14(18-6-8-25-29-18)9-19(16)28-22(17)23;18-15(19)8-21-7-10-6-12-16(23-10)11-2-1-9(13-3-4-22-25-13)5-14(11)24-17(12)20;1-2-19-9-11-8-13-16(21-11)12-4-3-10(14-5-6-20-23-14)7-15(12)22-17(13)18/h2*3-4,6,8-11,24,27H,1,5,7H2,2H3,(H2,23,28)(H,25,29);1-6,15,21,23H,7-8H2,(H2,20,24)(H,22,25);3-8,19,21H,2,9H2,1H3,(H2,18,22)(H,20,23). The molecule has 18 aromatic rings. The van der Waals surface area contributed by atoms with Crippen LogP contribution in [0.1, 0.15) is 52.0 Å². The molecule has 0 saturated carbocycles. The Morgan fingerprint density at radius 1 is 0.454 bits per heavy atom. The van der Waals surface area contributed by atoms with Crippen molar-refractivity contribution in [3.63, 3.8) is 0 Å². The van der Waals surface area contributed by atoms with Crippen LogP contribution in [0.15, 0.2) is 175 Å². The summed E-state index contributed by atoms with van der Waals surface area (Å²) < 4.78 is 29.7. The summed E-state index contributed by atoms with van der Waals surface area (Å²) in [6.07, 6.45) is 7.70. The van der Waals surface area contributed by atoms with Crippen LogP contribution < -0.4 is 44.2 Å². The number of nitrogens with two attached hydrogens (primary N) is 4. The normalized spacial score (nSPS) is 11.5. The maximum Gasteiger partial charge on any atom is 0.250 e. The number of oxazole rings is 1. The molecule has 20 N–H and O–H groups in total. The summed E-state index contributed by atoms with van der Waals surface area (Å²) >= 11 is 1.62. The number of aromatic amines is 8. The minimum Gasteiger partial charge on any atom is -0.449 e. The second kappa shape index (κ2) is 30.6. The van der Waals surface area contributed by atoms with E-state index in [1.54, 1.807) is 42.4 Å². The molecule has 14 aromatic heterocycles. The van der Waals surface area contributed by atoms with Crippen molar-refractivity contribution in [1.82, 2.24) is 112 Å². The Balaban J connectivity index is 0.000000116. The number of H-pyrrole nitrogens is 8. The lowest BCUT2D eigenvalue weighted by atomic mass is 10.1. The lowest BCUT2D eigenvalue weighted by Crippen LogP contribution is -2.20. The third kappa shape index (κ3) is 15.1. The first-order valence-corrected chi connectivity index (χ1v) is 35.6. The van der Waals surface area contributed by atoms with Gasteiger partial charge in [-0.1, -0.05) is 68.6 Å². The van der Waals surface area contributed by atoms with Gasteiger partial charge in [0.05, 0.1) is 95.5 Å². The van der Waals surface area contributed by atoms with Gasteiger partial charge in [-0.2, -0.15) is 20.4 Å². The van der Waals surface area contributed by atoms with Gasteiger partial charge < -0.3 is 68.6 Å². The van der Waals surface area contributed by atoms with Crippen LogP contribution in [0.3, 0.4) is 0 Å². The zero-order chi connectivity index (χ0) is 74.5. The van der Waals surface area contributed by atoms with E-state index in [0.29, 0.717) is 42.3 Å². The van der Waals surface area contributed by atoms with E-state index in [0.717, 1.165) is 215 Å². The van der Waals surface area contributed by atoms with Crippen LogP contribution in [-0.4, -0.2) is 123 Å². The van der Waals surface area contributed by atoms with E-state index in [9.17, 15) is 8.78 Å². The van der Waals surface area contributed by atoms with Crippen molar-refractivity contribution in [2.75, 3.05) is 49.1 Å². The Bertz CT molecular complexity index is 6010. The van der Waals surface area contributed by atoms with Crippen molar-refractivity contribution >= 4 is 133 Å². The van der Waals surface area contributed by atoms with Gasteiger partial charge in [0.1, 0.15) is 35.2 Å². The van der Waals surface area contributed by atoms with Crippen LogP contribution >= 0.6 is 11.3 Å². The summed E-state index contributed by atoms with van der Waals surface area (Å²) in [7, 11) is 0. The van der Waals surface area contributed by atoms with Gasteiger partial charge in [0.2, 0.25) is 0 Å². The number of fused-ring (bicyclic) bond motifs is 12. The van der Waals surface area contributed by atoms with E-state index in [-0.39, 0.29) is 6.54 Å². The molecule has 30 heteroatoms. The highest BCUT2D eigenvalue weighted by atomic mass is 32.1. The molecule has 0 aliphatic heterocycles. The highest BCUT2D eigenvalue weighted by molar-refractivity contribution is 7.09. The van der Waals surface area contributed by atoms with Crippen molar-refractivity contribution in [2.24, 2.45) is 0 Å².